The molecule has 134 valence electrons. The lowest BCUT2D eigenvalue weighted by Crippen LogP contribution is -2.56. The summed E-state index contributed by atoms with van der Waals surface area (Å²) < 4.78 is 5.91. The van der Waals surface area contributed by atoms with Gasteiger partial charge in [0.25, 0.3) is 0 Å². The van der Waals surface area contributed by atoms with Gasteiger partial charge >= 0.3 is 0 Å². The van der Waals surface area contributed by atoms with E-state index in [1.165, 1.54) is 0 Å². The van der Waals surface area contributed by atoms with Crippen LogP contribution in [0.3, 0.4) is 0 Å². The SMILES string of the molecule is O=C(CCc1nc2ccccc2[nH]1)N1CCC2(CC1)OCCC[C@@H]2O. The first kappa shape index (κ1) is 16.5. The van der Waals surface area contributed by atoms with E-state index >= 15 is 0 Å². The Labute approximate surface area is 147 Å². The summed E-state index contributed by atoms with van der Waals surface area (Å²) in [7, 11) is 0. The van der Waals surface area contributed by atoms with E-state index < -0.39 is 11.7 Å². The lowest BCUT2D eigenvalue weighted by atomic mass is 9.82. The Balaban J connectivity index is 1.31. The van der Waals surface area contributed by atoms with Crippen molar-refractivity contribution in [2.24, 2.45) is 0 Å². The van der Waals surface area contributed by atoms with E-state index in [9.17, 15) is 9.90 Å². The van der Waals surface area contributed by atoms with Crippen LogP contribution in [0.2, 0.25) is 0 Å². The summed E-state index contributed by atoms with van der Waals surface area (Å²) in [4.78, 5) is 22.2. The number of hydrogen-bond donors (Lipinski definition) is 2. The average molecular weight is 343 g/mol. The maximum Gasteiger partial charge on any atom is 0.223 e. The number of piperidine rings is 1. The predicted molar refractivity (Wildman–Crippen MR) is 94.2 cm³/mol. The van der Waals surface area contributed by atoms with E-state index in [2.05, 4.69) is 9.97 Å². The van der Waals surface area contributed by atoms with Crippen molar-refractivity contribution in [1.82, 2.24) is 14.9 Å². The highest BCUT2D eigenvalue weighted by Crippen LogP contribution is 2.35. The minimum atomic E-state index is -0.423. The van der Waals surface area contributed by atoms with Crippen molar-refractivity contribution in [2.45, 2.75) is 50.2 Å². The first-order valence-corrected chi connectivity index (χ1v) is 9.20. The predicted octanol–water partition coefficient (Wildman–Crippen LogP) is 2.03. The molecule has 0 radical (unpaired) electrons. The van der Waals surface area contributed by atoms with Gasteiger partial charge in [0.05, 0.1) is 22.7 Å². The van der Waals surface area contributed by atoms with Crippen molar-refractivity contribution < 1.29 is 14.6 Å². The number of aryl methyl sites for hydroxylation is 1. The van der Waals surface area contributed by atoms with Gasteiger partial charge in [-0.25, -0.2) is 4.98 Å². The zero-order valence-electron chi connectivity index (χ0n) is 14.4. The molecule has 1 atom stereocenters. The quantitative estimate of drug-likeness (QED) is 0.894. The van der Waals surface area contributed by atoms with Crippen LogP contribution in [-0.2, 0) is 16.0 Å². The molecule has 1 aromatic carbocycles. The molecule has 1 spiro atoms. The topological polar surface area (TPSA) is 78.5 Å². The van der Waals surface area contributed by atoms with Gasteiger partial charge in [0.1, 0.15) is 5.82 Å². The van der Waals surface area contributed by atoms with Crippen LogP contribution >= 0.6 is 0 Å². The number of aliphatic hydroxyl groups excluding tert-OH is 1. The van der Waals surface area contributed by atoms with Crippen LogP contribution in [0, 0.1) is 0 Å². The molecule has 0 unspecified atom stereocenters. The van der Waals surface area contributed by atoms with Gasteiger partial charge in [-0.15, -0.1) is 0 Å². The second-order valence-electron chi connectivity index (χ2n) is 7.15. The van der Waals surface area contributed by atoms with Crippen LogP contribution in [0.1, 0.15) is 37.9 Å². The summed E-state index contributed by atoms with van der Waals surface area (Å²) in [6, 6.07) is 7.90. The Hall–Kier alpha value is -1.92. The van der Waals surface area contributed by atoms with Gasteiger partial charge in [-0.1, -0.05) is 12.1 Å². The van der Waals surface area contributed by atoms with Gasteiger partial charge < -0.3 is 19.7 Å². The summed E-state index contributed by atoms with van der Waals surface area (Å²) >= 11 is 0. The van der Waals surface area contributed by atoms with Crippen molar-refractivity contribution in [3.63, 3.8) is 0 Å². The molecule has 0 saturated carbocycles. The van der Waals surface area contributed by atoms with E-state index in [1.807, 2.05) is 29.2 Å². The van der Waals surface area contributed by atoms with Gasteiger partial charge in [0.2, 0.25) is 5.91 Å². The number of aliphatic hydroxyl groups is 1. The smallest absolute Gasteiger partial charge is 0.223 e. The molecule has 4 rings (SSSR count). The fourth-order valence-electron chi connectivity index (χ4n) is 4.03. The third-order valence-corrected chi connectivity index (χ3v) is 5.60. The van der Waals surface area contributed by atoms with Crippen molar-refractivity contribution in [3.05, 3.63) is 30.1 Å². The zero-order valence-corrected chi connectivity index (χ0v) is 14.4. The van der Waals surface area contributed by atoms with Gasteiger partial charge in [-0.3, -0.25) is 4.79 Å². The number of H-pyrrole nitrogens is 1. The number of imidazole rings is 1. The lowest BCUT2D eigenvalue weighted by Gasteiger charge is -2.46. The lowest BCUT2D eigenvalue weighted by molar-refractivity contribution is -0.179. The number of hydrogen-bond acceptors (Lipinski definition) is 4. The van der Waals surface area contributed by atoms with Crippen LogP contribution in [-0.4, -0.2) is 57.3 Å². The van der Waals surface area contributed by atoms with E-state index in [1.54, 1.807) is 0 Å². The van der Waals surface area contributed by atoms with E-state index in [0.717, 1.165) is 49.1 Å². The van der Waals surface area contributed by atoms with Crippen molar-refractivity contribution in [3.8, 4) is 0 Å². The van der Waals surface area contributed by atoms with Gasteiger partial charge in [-0.2, -0.15) is 0 Å². The van der Waals surface area contributed by atoms with Crippen molar-refractivity contribution in [1.29, 1.82) is 0 Å². The van der Waals surface area contributed by atoms with Gasteiger partial charge in [0, 0.05) is 32.5 Å². The highest BCUT2D eigenvalue weighted by Gasteiger charge is 2.44. The van der Waals surface area contributed by atoms with Crippen LogP contribution in [0.5, 0.6) is 0 Å². The monoisotopic (exact) mass is 343 g/mol. The molecule has 2 aromatic rings. The number of aromatic amines is 1. The summed E-state index contributed by atoms with van der Waals surface area (Å²) in [6.07, 6.45) is 3.86. The Morgan fingerprint density at radius 2 is 2.16 bits per heavy atom. The van der Waals surface area contributed by atoms with Crippen LogP contribution in [0.4, 0.5) is 0 Å². The number of nitrogens with one attached hydrogen (secondary N) is 1. The molecule has 2 N–H and O–H groups in total. The number of fused-ring (bicyclic) bond motifs is 1. The number of amides is 1. The molecular weight excluding hydrogens is 318 g/mol. The number of ether oxygens (including phenoxy) is 1. The second kappa shape index (κ2) is 6.77. The first-order valence-electron chi connectivity index (χ1n) is 9.20. The number of para-hydroxylation sites is 2. The standard InChI is InChI=1S/C19H25N3O3/c23-16-6-3-13-25-19(16)9-11-22(12-10-19)18(24)8-7-17-20-14-4-1-2-5-15(14)21-17/h1-2,4-5,16,23H,3,6-13H2,(H,20,21)/t16-/m0/s1. The summed E-state index contributed by atoms with van der Waals surface area (Å²) in [5.41, 5.74) is 1.52. The first-order chi connectivity index (χ1) is 12.2. The molecule has 6 nitrogen and oxygen atoms in total. The third kappa shape index (κ3) is 3.28. The van der Waals surface area contributed by atoms with Crippen LogP contribution in [0.15, 0.2) is 24.3 Å². The highest BCUT2D eigenvalue weighted by molar-refractivity contribution is 5.77. The number of rotatable bonds is 3. The maximum atomic E-state index is 12.5. The minimum absolute atomic E-state index is 0.153. The number of carbonyl (C=O) groups excluding carboxylic acids is 1. The molecule has 2 aliphatic heterocycles. The average Bonchev–Trinajstić information content (AvgIpc) is 3.06. The molecule has 0 aliphatic carbocycles. The number of carbonyl (C=O) groups is 1. The van der Waals surface area contributed by atoms with E-state index in [-0.39, 0.29) is 5.91 Å². The Morgan fingerprint density at radius 1 is 1.36 bits per heavy atom. The summed E-state index contributed by atoms with van der Waals surface area (Å²) in [5, 5.41) is 10.3. The Bertz CT molecular complexity index is 716. The molecule has 0 bridgehead atoms. The minimum Gasteiger partial charge on any atom is -0.390 e. The molecule has 3 heterocycles. The fourth-order valence-corrected chi connectivity index (χ4v) is 4.03. The molecule has 2 aliphatic rings. The highest BCUT2D eigenvalue weighted by atomic mass is 16.5. The molecule has 6 heteroatoms. The number of nitrogens with zero attached hydrogens (tertiary/aromatic N) is 2. The van der Waals surface area contributed by atoms with E-state index in [0.29, 0.717) is 25.9 Å². The third-order valence-electron chi connectivity index (χ3n) is 5.60. The maximum absolute atomic E-state index is 12.5. The van der Waals surface area contributed by atoms with Crippen LogP contribution < -0.4 is 0 Å². The summed E-state index contributed by atoms with van der Waals surface area (Å²) in [5.74, 6) is 1.01. The van der Waals surface area contributed by atoms with E-state index in [4.69, 9.17) is 4.74 Å². The summed E-state index contributed by atoms with van der Waals surface area (Å²) in [6.45, 7) is 2.04. The molecule has 25 heavy (non-hydrogen) atoms. The second-order valence-corrected chi connectivity index (χ2v) is 7.15. The number of likely N-dealkylation sites (tertiary alicyclic amines) is 1. The molecule has 2 fully saturated rings. The fraction of sp³-hybridized carbons (Fsp3) is 0.579. The molecule has 1 amide bonds. The zero-order chi connectivity index (χ0) is 17.3. The number of benzene rings is 1. The molecule has 2 saturated heterocycles. The Kier molecular flexibility index (Phi) is 4.48. The van der Waals surface area contributed by atoms with Gasteiger partial charge in [-0.05, 0) is 37.8 Å². The van der Waals surface area contributed by atoms with Crippen LogP contribution in [0.25, 0.3) is 11.0 Å². The largest absolute Gasteiger partial charge is 0.390 e. The van der Waals surface area contributed by atoms with Crippen molar-refractivity contribution in [2.75, 3.05) is 19.7 Å². The molecule has 1 aromatic heterocycles. The normalized spacial score (nSPS) is 23.2. The Morgan fingerprint density at radius 3 is 2.92 bits per heavy atom. The van der Waals surface area contributed by atoms with Crippen molar-refractivity contribution >= 4 is 16.9 Å². The van der Waals surface area contributed by atoms with Gasteiger partial charge in [0.15, 0.2) is 0 Å². The molecular formula is C19H25N3O3. The number of aromatic nitrogens is 2.